The maximum absolute atomic E-state index is 12.5. The van der Waals surface area contributed by atoms with Gasteiger partial charge in [-0.1, -0.05) is 24.3 Å². The molecule has 0 fully saturated rings. The van der Waals surface area contributed by atoms with Crippen molar-refractivity contribution < 1.29 is 14.3 Å². The fourth-order valence-electron chi connectivity index (χ4n) is 2.67. The first-order valence-electron chi connectivity index (χ1n) is 7.55. The van der Waals surface area contributed by atoms with Gasteiger partial charge in [0.25, 0.3) is 5.91 Å². The number of fused-ring (bicyclic) bond motifs is 1. The van der Waals surface area contributed by atoms with E-state index < -0.39 is 0 Å². The molecule has 3 rings (SSSR count). The minimum Gasteiger partial charge on any atom is -0.491 e. The summed E-state index contributed by atoms with van der Waals surface area (Å²) in [6.07, 6.45) is -0.219. The largest absolute Gasteiger partial charge is 0.491 e. The number of methoxy groups -OCH3 is 1. The van der Waals surface area contributed by atoms with E-state index in [1.54, 1.807) is 19.1 Å². The van der Waals surface area contributed by atoms with Crippen LogP contribution in [0.25, 0.3) is 0 Å². The summed E-state index contributed by atoms with van der Waals surface area (Å²) in [7, 11) is 3.44. The predicted molar refractivity (Wildman–Crippen MR) is 88.7 cm³/mol. The third kappa shape index (κ3) is 3.14. The van der Waals surface area contributed by atoms with Gasteiger partial charge in [-0.15, -0.1) is 0 Å². The molecule has 1 atom stereocenters. The molecule has 1 heterocycles. The summed E-state index contributed by atoms with van der Waals surface area (Å²) in [4.78, 5) is 14.2. The molecule has 1 aliphatic rings. The number of ether oxygens (including phenoxy) is 2. The molecule has 2 aromatic carbocycles. The molecule has 2 aromatic rings. The van der Waals surface area contributed by atoms with Crippen molar-refractivity contribution in [3.05, 3.63) is 59.7 Å². The summed E-state index contributed by atoms with van der Waals surface area (Å²) in [6, 6.07) is 15.3. The van der Waals surface area contributed by atoms with Crippen molar-refractivity contribution in [3.8, 4) is 5.75 Å². The first kappa shape index (κ1) is 15.4. The van der Waals surface area contributed by atoms with Gasteiger partial charge in [0.2, 0.25) is 0 Å². The summed E-state index contributed by atoms with van der Waals surface area (Å²) < 4.78 is 10.6. The second-order valence-corrected chi connectivity index (χ2v) is 5.42. The maximum Gasteiger partial charge on any atom is 0.257 e. The predicted octanol–water partition coefficient (Wildman–Crippen LogP) is 2.91. The molecular formula is C18H20N2O3. The van der Waals surface area contributed by atoms with Crippen LogP contribution in [-0.2, 0) is 4.74 Å². The molecule has 5 heteroatoms. The van der Waals surface area contributed by atoms with Crippen molar-refractivity contribution in [1.29, 1.82) is 0 Å². The van der Waals surface area contributed by atoms with Crippen LogP contribution in [0.5, 0.6) is 5.75 Å². The Kier molecular flexibility index (Phi) is 4.48. The number of carbonyl (C=O) groups excluding carboxylic acids is 1. The smallest absolute Gasteiger partial charge is 0.257 e. The molecule has 5 nitrogen and oxygen atoms in total. The van der Waals surface area contributed by atoms with Crippen molar-refractivity contribution >= 4 is 11.6 Å². The average Bonchev–Trinajstić information content (AvgIpc) is 2.59. The summed E-state index contributed by atoms with van der Waals surface area (Å²) in [5, 5.41) is 3.41. The molecular weight excluding hydrogens is 292 g/mol. The van der Waals surface area contributed by atoms with Gasteiger partial charge >= 0.3 is 0 Å². The summed E-state index contributed by atoms with van der Waals surface area (Å²) in [5.74, 6) is 0.774. The highest BCUT2D eigenvalue weighted by Gasteiger charge is 2.29. The highest BCUT2D eigenvalue weighted by molar-refractivity contribution is 6.01. The SMILES string of the molecule is COCCOc1cccc(C2Nc3ccccc3C(=O)N2C)c1. The lowest BCUT2D eigenvalue weighted by molar-refractivity contribution is 0.0735. The third-order valence-electron chi connectivity index (χ3n) is 3.89. The Bertz CT molecular complexity index is 702. The van der Waals surface area contributed by atoms with Gasteiger partial charge in [-0.05, 0) is 29.8 Å². The van der Waals surface area contributed by atoms with Gasteiger partial charge < -0.3 is 19.7 Å². The fourth-order valence-corrected chi connectivity index (χ4v) is 2.67. The lowest BCUT2D eigenvalue weighted by Gasteiger charge is -2.35. The molecule has 0 radical (unpaired) electrons. The maximum atomic E-state index is 12.5. The molecule has 0 spiro atoms. The van der Waals surface area contributed by atoms with Gasteiger partial charge in [-0.25, -0.2) is 0 Å². The number of hydrogen-bond acceptors (Lipinski definition) is 4. The molecule has 1 unspecified atom stereocenters. The summed E-state index contributed by atoms with van der Waals surface area (Å²) in [5.41, 5.74) is 2.52. The van der Waals surface area contributed by atoms with Gasteiger partial charge in [0.15, 0.2) is 0 Å². The first-order valence-corrected chi connectivity index (χ1v) is 7.55. The van der Waals surface area contributed by atoms with Crippen LogP contribution in [0.2, 0.25) is 0 Å². The number of anilines is 1. The number of nitrogens with one attached hydrogen (secondary N) is 1. The van der Waals surface area contributed by atoms with E-state index in [2.05, 4.69) is 5.32 Å². The minimum absolute atomic E-state index is 0.00931. The van der Waals surface area contributed by atoms with Gasteiger partial charge in [0, 0.05) is 19.8 Å². The van der Waals surface area contributed by atoms with Crippen LogP contribution in [0.3, 0.4) is 0 Å². The van der Waals surface area contributed by atoms with E-state index in [1.807, 2.05) is 48.5 Å². The Morgan fingerprint density at radius 3 is 2.78 bits per heavy atom. The Morgan fingerprint density at radius 1 is 1.13 bits per heavy atom. The minimum atomic E-state index is -0.219. The number of nitrogens with zero attached hydrogens (tertiary/aromatic N) is 1. The zero-order valence-corrected chi connectivity index (χ0v) is 13.3. The van der Waals surface area contributed by atoms with Crippen molar-refractivity contribution in [2.24, 2.45) is 0 Å². The summed E-state index contributed by atoms with van der Waals surface area (Å²) in [6.45, 7) is 1.04. The van der Waals surface area contributed by atoms with Gasteiger partial charge in [0.05, 0.1) is 12.2 Å². The van der Waals surface area contributed by atoms with Crippen LogP contribution in [0, 0.1) is 0 Å². The van der Waals surface area contributed by atoms with E-state index in [9.17, 15) is 4.79 Å². The zero-order valence-electron chi connectivity index (χ0n) is 13.3. The number of carbonyl (C=O) groups is 1. The normalized spacial score (nSPS) is 16.7. The topological polar surface area (TPSA) is 50.8 Å². The van der Waals surface area contributed by atoms with E-state index in [0.29, 0.717) is 18.8 Å². The highest BCUT2D eigenvalue weighted by Crippen LogP contribution is 2.32. The molecule has 0 aliphatic carbocycles. The third-order valence-corrected chi connectivity index (χ3v) is 3.89. The van der Waals surface area contributed by atoms with Crippen LogP contribution < -0.4 is 10.1 Å². The molecule has 0 saturated carbocycles. The van der Waals surface area contributed by atoms with E-state index >= 15 is 0 Å². The number of amides is 1. The average molecular weight is 312 g/mol. The zero-order chi connectivity index (χ0) is 16.2. The number of benzene rings is 2. The van der Waals surface area contributed by atoms with E-state index in [1.165, 1.54) is 0 Å². The summed E-state index contributed by atoms with van der Waals surface area (Å²) >= 11 is 0. The fraction of sp³-hybridized carbons (Fsp3) is 0.278. The molecule has 1 aliphatic heterocycles. The molecule has 120 valence electrons. The van der Waals surface area contributed by atoms with Crippen LogP contribution in [0.4, 0.5) is 5.69 Å². The van der Waals surface area contributed by atoms with Crippen molar-refractivity contribution in [3.63, 3.8) is 0 Å². The van der Waals surface area contributed by atoms with E-state index in [4.69, 9.17) is 9.47 Å². The Hall–Kier alpha value is -2.53. The highest BCUT2D eigenvalue weighted by atomic mass is 16.5. The molecule has 0 saturated heterocycles. The molecule has 23 heavy (non-hydrogen) atoms. The Balaban J connectivity index is 1.84. The quantitative estimate of drug-likeness (QED) is 0.863. The van der Waals surface area contributed by atoms with Gasteiger partial charge in [-0.3, -0.25) is 4.79 Å². The first-order chi connectivity index (χ1) is 11.2. The monoisotopic (exact) mass is 312 g/mol. The van der Waals surface area contributed by atoms with E-state index in [0.717, 1.165) is 17.0 Å². The molecule has 1 amide bonds. The Labute approximate surface area is 135 Å². The number of rotatable bonds is 5. The van der Waals surface area contributed by atoms with Crippen LogP contribution in [0.1, 0.15) is 22.1 Å². The van der Waals surface area contributed by atoms with Crippen LogP contribution in [0.15, 0.2) is 48.5 Å². The van der Waals surface area contributed by atoms with Gasteiger partial charge in [0.1, 0.15) is 18.5 Å². The second kappa shape index (κ2) is 6.71. The Morgan fingerprint density at radius 2 is 1.96 bits per heavy atom. The molecule has 0 bridgehead atoms. The standard InChI is InChI=1S/C18H20N2O3/c1-20-17(19-16-9-4-3-8-15(16)18(20)21)13-6-5-7-14(12-13)23-11-10-22-2/h3-9,12,17,19H,10-11H2,1-2H3. The lowest BCUT2D eigenvalue weighted by Crippen LogP contribution is -2.40. The van der Waals surface area contributed by atoms with E-state index in [-0.39, 0.29) is 12.1 Å². The van der Waals surface area contributed by atoms with Crippen LogP contribution >= 0.6 is 0 Å². The molecule has 1 N–H and O–H groups in total. The van der Waals surface area contributed by atoms with Crippen molar-refractivity contribution in [1.82, 2.24) is 4.90 Å². The van der Waals surface area contributed by atoms with Crippen LogP contribution in [-0.4, -0.2) is 38.2 Å². The van der Waals surface area contributed by atoms with Gasteiger partial charge in [-0.2, -0.15) is 0 Å². The number of para-hydroxylation sites is 1. The number of hydrogen-bond donors (Lipinski definition) is 1. The van der Waals surface area contributed by atoms with Crippen molar-refractivity contribution in [2.75, 3.05) is 32.7 Å². The second-order valence-electron chi connectivity index (χ2n) is 5.42. The lowest BCUT2D eigenvalue weighted by atomic mass is 10.0. The molecule has 0 aromatic heterocycles. The van der Waals surface area contributed by atoms with Crippen molar-refractivity contribution in [2.45, 2.75) is 6.17 Å².